The number of hydrogen-bond donors (Lipinski definition) is 1. The van der Waals surface area contributed by atoms with Gasteiger partial charge in [0.25, 0.3) is 0 Å². The molecule has 4 rings (SSSR count). The van der Waals surface area contributed by atoms with Crippen LogP contribution in [0.25, 0.3) is 10.1 Å². The van der Waals surface area contributed by atoms with Crippen LogP contribution in [0.5, 0.6) is 17.2 Å². The number of halogens is 1. The maximum Gasteiger partial charge on any atom is 0.207 e. The third kappa shape index (κ3) is 4.93. The zero-order valence-electron chi connectivity index (χ0n) is 19.1. The summed E-state index contributed by atoms with van der Waals surface area (Å²) in [7, 11) is 0. The van der Waals surface area contributed by atoms with E-state index in [2.05, 4.69) is 19.1 Å². The molecule has 0 amide bonds. The lowest BCUT2D eigenvalue weighted by Crippen LogP contribution is -2.06. The summed E-state index contributed by atoms with van der Waals surface area (Å²) in [5, 5.41) is 10.7. The van der Waals surface area contributed by atoms with Gasteiger partial charge in [0.15, 0.2) is 5.75 Å². The Kier molecular flexibility index (Phi) is 6.80. The van der Waals surface area contributed by atoms with Crippen molar-refractivity contribution >= 4 is 27.2 Å². The minimum atomic E-state index is -0.363. The van der Waals surface area contributed by atoms with Crippen molar-refractivity contribution in [3.8, 4) is 17.2 Å². The highest BCUT2D eigenvalue weighted by Crippen LogP contribution is 2.43. The van der Waals surface area contributed by atoms with E-state index in [0.717, 1.165) is 22.9 Å². The van der Waals surface area contributed by atoms with Crippen molar-refractivity contribution in [1.29, 1.82) is 0 Å². The van der Waals surface area contributed by atoms with Gasteiger partial charge < -0.3 is 9.84 Å². The molecule has 1 aromatic heterocycles. The van der Waals surface area contributed by atoms with Gasteiger partial charge >= 0.3 is 0 Å². The van der Waals surface area contributed by atoms with Crippen LogP contribution in [-0.2, 0) is 6.42 Å². The van der Waals surface area contributed by atoms with E-state index in [4.69, 9.17) is 4.74 Å². The first-order valence-corrected chi connectivity index (χ1v) is 12.0. The molecule has 1 heterocycles. The minimum absolute atomic E-state index is 0.125. The summed E-state index contributed by atoms with van der Waals surface area (Å²) in [6, 6.07) is 15.7. The summed E-state index contributed by atoms with van der Waals surface area (Å²) >= 11 is 1.27. The number of phenols is 1. The van der Waals surface area contributed by atoms with E-state index in [-0.39, 0.29) is 17.3 Å². The molecule has 3 nitrogen and oxygen atoms in total. The van der Waals surface area contributed by atoms with Crippen molar-refractivity contribution in [3.63, 3.8) is 0 Å². The molecule has 5 heteroatoms. The summed E-state index contributed by atoms with van der Waals surface area (Å²) in [5.74, 6) is 0.653. The number of carbonyl (C=O) groups is 1. The maximum atomic E-state index is 13.8. The fraction of sp³-hybridized carbons (Fsp3) is 0.250. The number of aryl methyl sites for hydroxylation is 3. The van der Waals surface area contributed by atoms with Gasteiger partial charge in [-0.3, -0.25) is 4.79 Å². The van der Waals surface area contributed by atoms with E-state index in [0.29, 0.717) is 33.1 Å². The number of phenolic OH excluding ortho intramolecular Hbond substituents is 1. The van der Waals surface area contributed by atoms with Crippen LogP contribution >= 0.6 is 11.3 Å². The summed E-state index contributed by atoms with van der Waals surface area (Å²) in [5.41, 5.74) is 2.90. The molecule has 33 heavy (non-hydrogen) atoms. The van der Waals surface area contributed by atoms with Crippen LogP contribution in [0.3, 0.4) is 0 Å². The largest absolute Gasteiger partial charge is 0.508 e. The molecule has 0 aliphatic rings. The molecule has 0 spiro atoms. The summed E-state index contributed by atoms with van der Waals surface area (Å²) < 4.78 is 20.8. The van der Waals surface area contributed by atoms with Crippen LogP contribution in [-0.4, -0.2) is 10.9 Å². The Morgan fingerprint density at radius 3 is 2.36 bits per heavy atom. The molecule has 170 valence electrons. The number of rotatable bonds is 8. The monoisotopic (exact) mass is 462 g/mol. The Bertz CT molecular complexity index is 1280. The number of ketones is 1. The summed E-state index contributed by atoms with van der Waals surface area (Å²) in [4.78, 5) is 14.0. The lowest BCUT2D eigenvalue weighted by molar-refractivity contribution is 0.103. The van der Waals surface area contributed by atoms with Gasteiger partial charge in [0.05, 0.1) is 0 Å². The Morgan fingerprint density at radius 2 is 1.70 bits per heavy atom. The van der Waals surface area contributed by atoms with Crippen molar-refractivity contribution in [2.75, 3.05) is 0 Å². The van der Waals surface area contributed by atoms with E-state index in [1.54, 1.807) is 32.0 Å². The van der Waals surface area contributed by atoms with E-state index < -0.39 is 0 Å². The molecular weight excluding hydrogens is 435 g/mol. The van der Waals surface area contributed by atoms with Gasteiger partial charge in [-0.05, 0) is 85.8 Å². The second kappa shape index (κ2) is 9.75. The Morgan fingerprint density at radius 1 is 1.00 bits per heavy atom. The van der Waals surface area contributed by atoms with Crippen LogP contribution in [0.4, 0.5) is 4.39 Å². The van der Waals surface area contributed by atoms with Gasteiger partial charge in [-0.2, -0.15) is 0 Å². The van der Waals surface area contributed by atoms with Crippen LogP contribution in [0.1, 0.15) is 58.1 Å². The number of thiophene rings is 1. The first-order chi connectivity index (χ1) is 15.9. The molecule has 0 aliphatic heterocycles. The molecule has 0 saturated heterocycles. The van der Waals surface area contributed by atoms with E-state index in [9.17, 15) is 14.3 Å². The predicted octanol–water partition coefficient (Wildman–Crippen LogP) is 8.12. The smallest absolute Gasteiger partial charge is 0.207 e. The summed E-state index contributed by atoms with van der Waals surface area (Å²) in [6.07, 6.45) is 4.58. The number of unbranched alkanes of at least 4 members (excludes halogenated alkanes) is 2. The van der Waals surface area contributed by atoms with Gasteiger partial charge in [0, 0.05) is 15.6 Å². The second-order valence-corrected chi connectivity index (χ2v) is 9.44. The Labute approximate surface area is 197 Å². The molecule has 0 bridgehead atoms. The van der Waals surface area contributed by atoms with Crippen molar-refractivity contribution in [2.45, 2.75) is 46.5 Å². The molecule has 0 aliphatic carbocycles. The topological polar surface area (TPSA) is 46.5 Å². The highest BCUT2D eigenvalue weighted by molar-refractivity contribution is 7.21. The van der Waals surface area contributed by atoms with Gasteiger partial charge in [-0.25, -0.2) is 4.39 Å². The van der Waals surface area contributed by atoms with Gasteiger partial charge in [0.1, 0.15) is 22.2 Å². The molecule has 0 fully saturated rings. The second-order valence-electron chi connectivity index (χ2n) is 8.39. The number of hydrogen-bond acceptors (Lipinski definition) is 4. The highest BCUT2D eigenvalue weighted by atomic mass is 32.1. The van der Waals surface area contributed by atoms with E-state index in [1.807, 2.05) is 12.1 Å². The average Bonchev–Trinajstić information content (AvgIpc) is 3.11. The van der Waals surface area contributed by atoms with Gasteiger partial charge in [-0.15, -0.1) is 11.3 Å². The Hall–Kier alpha value is -3.18. The van der Waals surface area contributed by atoms with Crippen LogP contribution in [0.2, 0.25) is 0 Å². The molecule has 0 radical (unpaired) electrons. The Balaban J connectivity index is 1.73. The van der Waals surface area contributed by atoms with E-state index >= 15 is 0 Å². The lowest BCUT2D eigenvalue weighted by atomic mass is 9.97. The summed E-state index contributed by atoms with van der Waals surface area (Å²) in [6.45, 7) is 5.66. The molecule has 3 aromatic carbocycles. The zero-order valence-corrected chi connectivity index (χ0v) is 19.9. The average molecular weight is 463 g/mol. The van der Waals surface area contributed by atoms with Crippen molar-refractivity contribution in [2.24, 2.45) is 0 Å². The van der Waals surface area contributed by atoms with Crippen molar-refractivity contribution < 1.29 is 19.0 Å². The quantitative estimate of drug-likeness (QED) is 0.212. The fourth-order valence-electron chi connectivity index (χ4n) is 4.12. The lowest BCUT2D eigenvalue weighted by Gasteiger charge is -2.11. The van der Waals surface area contributed by atoms with Crippen LogP contribution < -0.4 is 4.74 Å². The standard InChI is InChI=1S/C28H27FO3S/c1-4-5-6-7-19-8-11-22(12-9-19)32-27-23-13-10-21(30)16-24(23)33-28(27)26(31)25-17(2)14-20(29)15-18(25)3/h8-16,30H,4-7H2,1-3H3. The third-order valence-corrected chi connectivity index (χ3v) is 6.90. The van der Waals surface area contributed by atoms with Gasteiger partial charge in [0.2, 0.25) is 5.78 Å². The number of aromatic hydroxyl groups is 1. The number of carbonyl (C=O) groups excluding carboxylic acids is 1. The minimum Gasteiger partial charge on any atom is -0.508 e. The molecule has 0 saturated carbocycles. The third-order valence-electron chi connectivity index (χ3n) is 5.77. The van der Waals surface area contributed by atoms with E-state index in [1.165, 1.54) is 41.9 Å². The number of ether oxygens (including phenoxy) is 1. The zero-order chi connectivity index (χ0) is 23.5. The van der Waals surface area contributed by atoms with Crippen LogP contribution in [0.15, 0.2) is 54.6 Å². The number of benzene rings is 3. The van der Waals surface area contributed by atoms with Crippen molar-refractivity contribution in [1.82, 2.24) is 0 Å². The van der Waals surface area contributed by atoms with Crippen LogP contribution in [0, 0.1) is 19.7 Å². The molecule has 0 atom stereocenters. The van der Waals surface area contributed by atoms with Gasteiger partial charge in [-0.1, -0.05) is 31.9 Å². The SMILES string of the molecule is CCCCCc1ccc(Oc2c(C(=O)c3c(C)cc(F)cc3C)sc3cc(O)ccc23)cc1. The maximum absolute atomic E-state index is 13.8. The first kappa shape index (κ1) is 23.0. The predicted molar refractivity (Wildman–Crippen MR) is 133 cm³/mol. The highest BCUT2D eigenvalue weighted by Gasteiger charge is 2.25. The van der Waals surface area contributed by atoms with Crippen molar-refractivity contribution in [3.05, 3.63) is 87.5 Å². The molecule has 4 aromatic rings. The first-order valence-electron chi connectivity index (χ1n) is 11.2. The number of fused-ring (bicyclic) bond motifs is 1. The molecule has 1 N–H and O–H groups in total. The molecular formula is C28H27FO3S. The fourth-order valence-corrected chi connectivity index (χ4v) is 5.23. The normalized spacial score (nSPS) is 11.2. The molecule has 0 unspecified atom stereocenters.